The third kappa shape index (κ3) is 2.14. The Bertz CT molecular complexity index is 831. The molecule has 0 saturated heterocycles. The smallest absolute Gasteiger partial charge is 0.363 e. The van der Waals surface area contributed by atoms with Crippen LogP contribution in [-0.4, -0.2) is 18.7 Å². The Labute approximate surface area is 125 Å². The van der Waals surface area contributed by atoms with Crippen molar-refractivity contribution in [3.63, 3.8) is 0 Å². The van der Waals surface area contributed by atoms with Gasteiger partial charge in [-0.05, 0) is 37.3 Å². The highest BCUT2D eigenvalue weighted by Crippen LogP contribution is 2.33. The Hall–Kier alpha value is -3.02. The molecule has 4 rings (SSSR count). The van der Waals surface area contributed by atoms with Crippen molar-refractivity contribution >= 4 is 17.9 Å². The Kier molecular flexibility index (Phi) is 2.75. The van der Waals surface area contributed by atoms with Crippen LogP contribution in [0.2, 0.25) is 0 Å². The molecule has 22 heavy (non-hydrogen) atoms. The number of furan rings is 1. The zero-order valence-corrected chi connectivity index (χ0v) is 11.7. The second-order valence-electron chi connectivity index (χ2n) is 4.85. The average molecular weight is 297 g/mol. The molecule has 0 amide bonds. The van der Waals surface area contributed by atoms with Crippen molar-refractivity contribution in [1.29, 1.82) is 0 Å². The average Bonchev–Trinajstić information content (AvgIpc) is 3.20. The summed E-state index contributed by atoms with van der Waals surface area (Å²) in [7, 11) is 0. The molecule has 6 heteroatoms. The minimum absolute atomic E-state index is 0.189. The van der Waals surface area contributed by atoms with E-state index in [-0.39, 0.29) is 18.4 Å². The number of esters is 1. The van der Waals surface area contributed by atoms with E-state index in [0.29, 0.717) is 22.8 Å². The maximum Gasteiger partial charge on any atom is 0.363 e. The van der Waals surface area contributed by atoms with Crippen LogP contribution in [0.5, 0.6) is 11.5 Å². The van der Waals surface area contributed by atoms with Crippen LogP contribution in [0, 0.1) is 6.92 Å². The highest BCUT2D eigenvalue weighted by Gasteiger charge is 2.26. The van der Waals surface area contributed by atoms with Gasteiger partial charge in [-0.3, -0.25) is 0 Å². The van der Waals surface area contributed by atoms with Gasteiger partial charge in [0.15, 0.2) is 17.2 Å². The van der Waals surface area contributed by atoms with Crippen LogP contribution in [-0.2, 0) is 9.53 Å². The van der Waals surface area contributed by atoms with Gasteiger partial charge < -0.3 is 18.6 Å². The molecular weight excluding hydrogens is 286 g/mol. The fraction of sp³-hybridized carbons (Fsp3) is 0.125. The van der Waals surface area contributed by atoms with E-state index >= 15 is 0 Å². The highest BCUT2D eigenvalue weighted by atomic mass is 16.7. The van der Waals surface area contributed by atoms with Crippen molar-refractivity contribution in [3.8, 4) is 11.5 Å². The van der Waals surface area contributed by atoms with Crippen molar-refractivity contribution in [3.05, 3.63) is 53.1 Å². The number of hydrogen-bond donors (Lipinski definition) is 0. The van der Waals surface area contributed by atoms with E-state index in [1.807, 2.05) is 13.0 Å². The number of aliphatic imine (C=N–C) groups is 1. The minimum Gasteiger partial charge on any atom is -0.462 e. The van der Waals surface area contributed by atoms with E-state index in [0.717, 1.165) is 5.76 Å². The molecule has 0 radical (unpaired) electrons. The predicted octanol–water partition coefficient (Wildman–Crippen LogP) is 2.66. The number of carbonyl (C=O) groups is 1. The van der Waals surface area contributed by atoms with Crippen LogP contribution in [0.1, 0.15) is 17.1 Å². The Morgan fingerprint density at radius 1 is 1.14 bits per heavy atom. The molecule has 2 aliphatic heterocycles. The van der Waals surface area contributed by atoms with E-state index < -0.39 is 5.97 Å². The third-order valence-electron chi connectivity index (χ3n) is 3.28. The molecule has 0 aliphatic carbocycles. The fourth-order valence-electron chi connectivity index (χ4n) is 2.23. The van der Waals surface area contributed by atoms with Crippen LogP contribution >= 0.6 is 0 Å². The predicted molar refractivity (Wildman–Crippen MR) is 76.6 cm³/mol. The zero-order chi connectivity index (χ0) is 15.1. The van der Waals surface area contributed by atoms with E-state index in [4.69, 9.17) is 18.6 Å². The van der Waals surface area contributed by atoms with E-state index in [9.17, 15) is 4.79 Å². The maximum atomic E-state index is 11.9. The Morgan fingerprint density at radius 2 is 2.00 bits per heavy atom. The normalized spacial score (nSPS) is 17.8. The number of aryl methyl sites for hydroxylation is 1. The second-order valence-corrected chi connectivity index (χ2v) is 4.85. The van der Waals surface area contributed by atoms with Crippen molar-refractivity contribution in [1.82, 2.24) is 0 Å². The topological polar surface area (TPSA) is 70.3 Å². The first-order chi connectivity index (χ1) is 10.7. The first kappa shape index (κ1) is 12.7. The van der Waals surface area contributed by atoms with Gasteiger partial charge in [0.1, 0.15) is 11.5 Å². The summed E-state index contributed by atoms with van der Waals surface area (Å²) in [5, 5.41) is 0. The number of ether oxygens (including phenoxy) is 3. The molecule has 2 aromatic rings. The van der Waals surface area contributed by atoms with Crippen LogP contribution in [0.4, 0.5) is 0 Å². The summed E-state index contributed by atoms with van der Waals surface area (Å²) in [5.74, 6) is 2.31. The van der Waals surface area contributed by atoms with E-state index in [1.165, 1.54) is 0 Å². The number of carbonyl (C=O) groups excluding carboxylic acids is 1. The van der Waals surface area contributed by atoms with Gasteiger partial charge in [0, 0.05) is 11.6 Å². The van der Waals surface area contributed by atoms with Crippen molar-refractivity contribution in [2.75, 3.05) is 6.79 Å². The third-order valence-corrected chi connectivity index (χ3v) is 3.28. The van der Waals surface area contributed by atoms with Crippen LogP contribution < -0.4 is 9.47 Å². The number of cyclic esters (lactones) is 1. The zero-order valence-electron chi connectivity index (χ0n) is 11.7. The standard InChI is InChI=1S/C16H11NO5/c1-9-2-4-11(21-9)7-12-16(18)22-15(17-12)10-3-5-13-14(6-10)20-8-19-13/h2-7H,8H2,1H3. The summed E-state index contributed by atoms with van der Waals surface area (Å²) in [4.78, 5) is 16.1. The molecule has 0 unspecified atom stereocenters. The lowest BCUT2D eigenvalue weighted by Crippen LogP contribution is -2.05. The molecule has 0 fully saturated rings. The number of rotatable bonds is 2. The van der Waals surface area contributed by atoms with Crippen LogP contribution in [0.25, 0.3) is 6.08 Å². The molecule has 3 heterocycles. The summed E-state index contributed by atoms with van der Waals surface area (Å²) in [6.07, 6.45) is 1.55. The highest BCUT2D eigenvalue weighted by molar-refractivity contribution is 6.12. The molecule has 6 nitrogen and oxygen atoms in total. The first-order valence-corrected chi connectivity index (χ1v) is 6.68. The molecule has 0 N–H and O–H groups in total. The van der Waals surface area contributed by atoms with Crippen molar-refractivity contribution < 1.29 is 23.4 Å². The largest absolute Gasteiger partial charge is 0.462 e. The fourth-order valence-corrected chi connectivity index (χ4v) is 2.23. The quantitative estimate of drug-likeness (QED) is 0.629. The van der Waals surface area contributed by atoms with Gasteiger partial charge >= 0.3 is 5.97 Å². The van der Waals surface area contributed by atoms with Gasteiger partial charge in [-0.2, -0.15) is 0 Å². The second kappa shape index (κ2) is 4.77. The molecule has 1 aromatic heterocycles. The van der Waals surface area contributed by atoms with Gasteiger partial charge in [0.05, 0.1) is 0 Å². The number of benzene rings is 1. The van der Waals surface area contributed by atoms with Crippen molar-refractivity contribution in [2.45, 2.75) is 6.92 Å². The lowest BCUT2D eigenvalue weighted by molar-refractivity contribution is -0.129. The monoisotopic (exact) mass is 297 g/mol. The lowest BCUT2D eigenvalue weighted by Gasteiger charge is -2.01. The summed E-state index contributed by atoms with van der Waals surface area (Å²) in [5.41, 5.74) is 0.846. The van der Waals surface area contributed by atoms with E-state index in [2.05, 4.69) is 4.99 Å². The van der Waals surface area contributed by atoms with E-state index in [1.54, 1.807) is 30.3 Å². The lowest BCUT2D eigenvalue weighted by atomic mass is 10.2. The molecule has 2 aliphatic rings. The molecular formula is C16H11NO5. The van der Waals surface area contributed by atoms with Gasteiger partial charge in [-0.15, -0.1) is 0 Å². The molecule has 0 bridgehead atoms. The molecule has 1 aromatic carbocycles. The molecule has 0 spiro atoms. The Morgan fingerprint density at radius 3 is 2.82 bits per heavy atom. The Balaban J connectivity index is 1.67. The molecule has 0 atom stereocenters. The summed E-state index contributed by atoms with van der Waals surface area (Å²) in [6.45, 7) is 2.02. The van der Waals surface area contributed by atoms with Gasteiger partial charge in [0.25, 0.3) is 0 Å². The molecule has 0 saturated carbocycles. The maximum absolute atomic E-state index is 11.9. The summed E-state index contributed by atoms with van der Waals surface area (Å²) in [6, 6.07) is 8.83. The SMILES string of the molecule is Cc1ccc(C=C2N=C(c3ccc4c(c3)OCO4)OC2=O)o1. The van der Waals surface area contributed by atoms with Crippen molar-refractivity contribution in [2.24, 2.45) is 4.99 Å². The first-order valence-electron chi connectivity index (χ1n) is 6.68. The van der Waals surface area contributed by atoms with Gasteiger partial charge in [-0.1, -0.05) is 0 Å². The van der Waals surface area contributed by atoms with Crippen LogP contribution in [0.15, 0.2) is 45.4 Å². The summed E-state index contributed by atoms with van der Waals surface area (Å²) >= 11 is 0. The van der Waals surface area contributed by atoms with Crippen LogP contribution in [0.3, 0.4) is 0 Å². The number of fused-ring (bicyclic) bond motifs is 1. The minimum atomic E-state index is -0.512. The van der Waals surface area contributed by atoms with Gasteiger partial charge in [0.2, 0.25) is 12.7 Å². The van der Waals surface area contributed by atoms with Gasteiger partial charge in [-0.25, -0.2) is 9.79 Å². The number of nitrogens with zero attached hydrogens (tertiary/aromatic N) is 1. The number of hydrogen-bond acceptors (Lipinski definition) is 6. The molecule has 110 valence electrons. The summed E-state index contributed by atoms with van der Waals surface area (Å²) < 4.78 is 21.2.